The van der Waals surface area contributed by atoms with Crippen molar-refractivity contribution in [1.82, 2.24) is 19.7 Å². The zero-order chi connectivity index (χ0) is 16.4. The second-order valence-electron chi connectivity index (χ2n) is 5.91. The van der Waals surface area contributed by atoms with Crippen LogP contribution >= 0.6 is 0 Å². The van der Waals surface area contributed by atoms with Crippen molar-refractivity contribution in [2.24, 2.45) is 0 Å². The lowest BCUT2D eigenvalue weighted by Gasteiger charge is -2.19. The molecule has 1 saturated heterocycles. The van der Waals surface area contributed by atoms with Crippen molar-refractivity contribution >= 4 is 17.5 Å². The molecule has 7 nitrogen and oxygen atoms in total. The van der Waals surface area contributed by atoms with Gasteiger partial charge in [-0.1, -0.05) is 0 Å². The van der Waals surface area contributed by atoms with Crippen molar-refractivity contribution in [3.63, 3.8) is 0 Å². The van der Waals surface area contributed by atoms with E-state index in [1.54, 1.807) is 23.1 Å². The Balaban J connectivity index is 1.78. The van der Waals surface area contributed by atoms with Crippen molar-refractivity contribution in [2.45, 2.75) is 39.7 Å². The standard InChI is InChI=1S/C16H22N6O/c1-11-14(20-15(23)13(3)22-10-6-7-17-22)12(2)19-16(18-11)21-8-4-5-9-21/h6-7,10,13H,4-5,8-9H2,1-3H3,(H,20,23). The molecule has 0 aromatic carbocycles. The number of nitrogens with zero attached hydrogens (tertiary/aromatic N) is 5. The summed E-state index contributed by atoms with van der Waals surface area (Å²) < 4.78 is 1.62. The summed E-state index contributed by atoms with van der Waals surface area (Å²) in [6, 6.07) is 1.41. The molecule has 2 aromatic heterocycles. The average molecular weight is 314 g/mol. The maximum Gasteiger partial charge on any atom is 0.249 e. The van der Waals surface area contributed by atoms with Crippen LogP contribution in [0.25, 0.3) is 0 Å². The Hall–Kier alpha value is -2.44. The van der Waals surface area contributed by atoms with Crippen LogP contribution in [0.1, 0.15) is 37.2 Å². The number of amides is 1. The summed E-state index contributed by atoms with van der Waals surface area (Å²) >= 11 is 0. The molecule has 122 valence electrons. The molecule has 7 heteroatoms. The first-order valence-electron chi connectivity index (χ1n) is 7.96. The molecule has 1 atom stereocenters. The van der Waals surface area contributed by atoms with Gasteiger partial charge in [-0.3, -0.25) is 9.48 Å². The monoisotopic (exact) mass is 314 g/mol. The van der Waals surface area contributed by atoms with Crippen LogP contribution in [0, 0.1) is 13.8 Å². The zero-order valence-electron chi connectivity index (χ0n) is 13.8. The first kappa shape index (κ1) is 15.5. The fourth-order valence-corrected chi connectivity index (χ4v) is 2.80. The van der Waals surface area contributed by atoms with E-state index in [1.165, 1.54) is 12.8 Å². The highest BCUT2D eigenvalue weighted by Crippen LogP contribution is 2.23. The fraction of sp³-hybridized carbons (Fsp3) is 0.500. The van der Waals surface area contributed by atoms with E-state index in [4.69, 9.17) is 0 Å². The van der Waals surface area contributed by atoms with Crippen LogP contribution in [0.4, 0.5) is 11.6 Å². The quantitative estimate of drug-likeness (QED) is 0.935. The zero-order valence-corrected chi connectivity index (χ0v) is 13.8. The van der Waals surface area contributed by atoms with Gasteiger partial charge in [0.05, 0.1) is 17.1 Å². The molecule has 0 bridgehead atoms. The summed E-state index contributed by atoms with van der Waals surface area (Å²) in [5.41, 5.74) is 2.28. The topological polar surface area (TPSA) is 75.9 Å². The van der Waals surface area contributed by atoms with E-state index in [-0.39, 0.29) is 11.9 Å². The minimum Gasteiger partial charge on any atom is -0.341 e. The van der Waals surface area contributed by atoms with Gasteiger partial charge in [0, 0.05) is 25.5 Å². The van der Waals surface area contributed by atoms with Crippen molar-refractivity contribution < 1.29 is 4.79 Å². The molecule has 0 aliphatic carbocycles. The highest BCUT2D eigenvalue weighted by Gasteiger charge is 2.20. The summed E-state index contributed by atoms with van der Waals surface area (Å²) in [5, 5.41) is 7.05. The van der Waals surface area contributed by atoms with Crippen LogP contribution < -0.4 is 10.2 Å². The normalized spacial score (nSPS) is 15.7. The van der Waals surface area contributed by atoms with Gasteiger partial charge >= 0.3 is 0 Å². The van der Waals surface area contributed by atoms with Gasteiger partial charge in [-0.05, 0) is 39.7 Å². The molecule has 3 heterocycles. The van der Waals surface area contributed by atoms with E-state index in [0.717, 1.165) is 30.4 Å². The van der Waals surface area contributed by atoms with Gasteiger partial charge in [-0.15, -0.1) is 0 Å². The second kappa shape index (κ2) is 6.36. The largest absolute Gasteiger partial charge is 0.341 e. The molecular weight excluding hydrogens is 292 g/mol. The molecule has 1 aliphatic heterocycles. The van der Waals surface area contributed by atoms with Crippen LogP contribution in [-0.4, -0.2) is 38.7 Å². The van der Waals surface area contributed by atoms with E-state index >= 15 is 0 Å². The van der Waals surface area contributed by atoms with Gasteiger partial charge in [-0.2, -0.15) is 5.10 Å². The maximum absolute atomic E-state index is 12.4. The molecule has 1 amide bonds. The van der Waals surface area contributed by atoms with Crippen LogP contribution in [0.2, 0.25) is 0 Å². The van der Waals surface area contributed by atoms with Crippen LogP contribution in [0.3, 0.4) is 0 Å². The number of hydrogen-bond donors (Lipinski definition) is 1. The lowest BCUT2D eigenvalue weighted by molar-refractivity contribution is -0.119. The summed E-state index contributed by atoms with van der Waals surface area (Å²) in [7, 11) is 0. The predicted octanol–water partition coefficient (Wildman–Crippen LogP) is 2.09. The van der Waals surface area contributed by atoms with E-state index in [0.29, 0.717) is 5.69 Å². The van der Waals surface area contributed by atoms with E-state index in [2.05, 4.69) is 25.3 Å². The molecule has 0 radical (unpaired) electrons. The highest BCUT2D eigenvalue weighted by atomic mass is 16.2. The average Bonchev–Trinajstić information content (AvgIpc) is 3.22. The Morgan fingerprint density at radius 1 is 1.22 bits per heavy atom. The third-order valence-electron chi connectivity index (χ3n) is 4.20. The smallest absolute Gasteiger partial charge is 0.249 e. The summed E-state index contributed by atoms with van der Waals surface area (Å²) in [5.74, 6) is 0.632. The summed E-state index contributed by atoms with van der Waals surface area (Å²) in [6.45, 7) is 7.62. The number of nitrogens with one attached hydrogen (secondary N) is 1. The SMILES string of the molecule is Cc1nc(N2CCCC2)nc(C)c1NC(=O)C(C)n1cccn1. The molecule has 2 aromatic rings. The first-order valence-corrected chi connectivity index (χ1v) is 7.96. The highest BCUT2D eigenvalue weighted by molar-refractivity contribution is 5.94. The van der Waals surface area contributed by atoms with Crippen LogP contribution in [0.5, 0.6) is 0 Å². The Kier molecular flexibility index (Phi) is 4.27. The second-order valence-corrected chi connectivity index (χ2v) is 5.91. The molecular formula is C16H22N6O. The molecule has 23 heavy (non-hydrogen) atoms. The molecule has 1 aliphatic rings. The fourth-order valence-electron chi connectivity index (χ4n) is 2.80. The van der Waals surface area contributed by atoms with Gasteiger partial charge in [0.1, 0.15) is 6.04 Å². The van der Waals surface area contributed by atoms with Gasteiger partial charge < -0.3 is 10.2 Å². The van der Waals surface area contributed by atoms with Gasteiger partial charge in [0.15, 0.2) is 0 Å². The van der Waals surface area contributed by atoms with E-state index in [1.807, 2.05) is 20.8 Å². The van der Waals surface area contributed by atoms with Crippen molar-refractivity contribution in [3.8, 4) is 0 Å². The van der Waals surface area contributed by atoms with Crippen molar-refractivity contribution in [2.75, 3.05) is 23.3 Å². The minimum absolute atomic E-state index is 0.127. The predicted molar refractivity (Wildman–Crippen MR) is 88.5 cm³/mol. The van der Waals surface area contributed by atoms with E-state index in [9.17, 15) is 4.79 Å². The first-order chi connectivity index (χ1) is 11.1. The van der Waals surface area contributed by atoms with Crippen molar-refractivity contribution in [1.29, 1.82) is 0 Å². The Morgan fingerprint density at radius 2 is 1.87 bits per heavy atom. The Morgan fingerprint density at radius 3 is 2.43 bits per heavy atom. The molecule has 0 spiro atoms. The lowest BCUT2D eigenvalue weighted by atomic mass is 10.2. The number of rotatable bonds is 4. The van der Waals surface area contributed by atoms with Crippen LogP contribution in [0.15, 0.2) is 18.5 Å². The van der Waals surface area contributed by atoms with E-state index < -0.39 is 0 Å². The summed E-state index contributed by atoms with van der Waals surface area (Å²) in [4.78, 5) is 23.7. The third kappa shape index (κ3) is 3.18. The van der Waals surface area contributed by atoms with Gasteiger partial charge in [0.2, 0.25) is 11.9 Å². The number of carbonyl (C=O) groups is 1. The number of aryl methyl sites for hydroxylation is 2. The van der Waals surface area contributed by atoms with Crippen LogP contribution in [-0.2, 0) is 4.79 Å². The van der Waals surface area contributed by atoms with Gasteiger partial charge in [-0.25, -0.2) is 9.97 Å². The molecule has 1 fully saturated rings. The molecule has 1 unspecified atom stereocenters. The summed E-state index contributed by atoms with van der Waals surface area (Å²) in [6.07, 6.45) is 5.80. The Bertz CT molecular complexity index is 668. The molecule has 3 rings (SSSR count). The molecule has 0 saturated carbocycles. The van der Waals surface area contributed by atoms with Crippen molar-refractivity contribution in [3.05, 3.63) is 29.8 Å². The maximum atomic E-state index is 12.4. The number of aromatic nitrogens is 4. The minimum atomic E-state index is -0.387. The van der Waals surface area contributed by atoms with Gasteiger partial charge in [0.25, 0.3) is 0 Å². The third-order valence-corrected chi connectivity index (χ3v) is 4.20. The number of hydrogen-bond acceptors (Lipinski definition) is 5. The Labute approximate surface area is 135 Å². The lowest BCUT2D eigenvalue weighted by Crippen LogP contribution is -2.26. The number of anilines is 2. The number of carbonyl (C=O) groups excluding carboxylic acids is 1. The molecule has 1 N–H and O–H groups in total.